The summed E-state index contributed by atoms with van der Waals surface area (Å²) in [5, 5.41) is 3.57. The molecule has 2 aliphatic carbocycles. The number of ether oxygens (including phenoxy) is 3. The zero-order valence-electron chi connectivity index (χ0n) is 33.0. The molecule has 55 heavy (non-hydrogen) atoms. The number of hydrogen-bond donors (Lipinski definition) is 2. The first kappa shape index (κ1) is 40.3. The maximum atomic E-state index is 14.6. The number of nitrogens with zero attached hydrogens (tertiary/aromatic N) is 3. The predicted octanol–water partition coefficient (Wildman–Crippen LogP) is 4.81. The number of rotatable bonds is 9. The summed E-state index contributed by atoms with van der Waals surface area (Å²) in [6.45, 7) is 7.33. The van der Waals surface area contributed by atoms with Crippen LogP contribution in [0.1, 0.15) is 90.5 Å². The minimum Gasteiger partial charge on any atom is -0.496 e. The van der Waals surface area contributed by atoms with Crippen LogP contribution < -0.4 is 24.2 Å². The van der Waals surface area contributed by atoms with Crippen LogP contribution in [0.25, 0.3) is 10.9 Å². The van der Waals surface area contributed by atoms with Gasteiger partial charge in [0.1, 0.15) is 23.6 Å². The molecule has 2 aromatic rings. The van der Waals surface area contributed by atoms with E-state index in [2.05, 4.69) is 10.0 Å². The first-order valence-electron chi connectivity index (χ1n) is 19.3. The van der Waals surface area contributed by atoms with Crippen molar-refractivity contribution in [3.63, 3.8) is 0 Å². The molecule has 14 nitrogen and oxygen atoms in total. The number of nitrogens with one attached hydrogen (secondary N) is 2. The Balaban J connectivity index is 1.35. The minimum atomic E-state index is -3.95. The molecule has 2 N–H and O–H groups in total. The number of carbonyl (C=O) groups is 4. The van der Waals surface area contributed by atoms with Gasteiger partial charge in [0, 0.05) is 44.0 Å². The van der Waals surface area contributed by atoms with Crippen molar-refractivity contribution in [3.8, 4) is 17.4 Å². The Kier molecular flexibility index (Phi) is 11.4. The minimum absolute atomic E-state index is 0.0398. The Bertz CT molecular complexity index is 1980. The van der Waals surface area contributed by atoms with Crippen LogP contribution in [0.2, 0.25) is 0 Å². The number of urea groups is 1. The van der Waals surface area contributed by atoms with Crippen LogP contribution >= 0.6 is 0 Å². The quantitative estimate of drug-likeness (QED) is 0.336. The molecule has 1 aromatic heterocycles. The topological polar surface area (TPSA) is 174 Å². The SMILES string of the molecule is COc1ccc2c(O[C@@H]3C[C@H]4C(=O)C[C@]5(C(=O)NS(=O)(=O)C6(C)CC6)C[C@@H]5/C=C\CCCCC[C@H](NC(=O)N(C)C)C(=O)N4C3)cc(OC(C)C)nc2c1C. The summed E-state index contributed by atoms with van der Waals surface area (Å²) in [4.78, 5) is 63.6. The van der Waals surface area contributed by atoms with Crippen molar-refractivity contribution in [1.29, 1.82) is 0 Å². The van der Waals surface area contributed by atoms with Crippen LogP contribution in [-0.2, 0) is 24.4 Å². The first-order valence-corrected chi connectivity index (χ1v) is 20.8. The number of carbonyl (C=O) groups excluding carboxylic acids is 4. The fourth-order valence-electron chi connectivity index (χ4n) is 7.72. The monoisotopic (exact) mass is 781 g/mol. The third kappa shape index (κ3) is 8.41. The normalized spacial score (nSPS) is 27.2. The average molecular weight is 782 g/mol. The number of methoxy groups -OCH3 is 1. The van der Waals surface area contributed by atoms with Crippen LogP contribution in [0.4, 0.5) is 4.79 Å². The van der Waals surface area contributed by atoms with Gasteiger partial charge in [-0.1, -0.05) is 25.0 Å². The summed E-state index contributed by atoms with van der Waals surface area (Å²) in [6.07, 6.45) is 7.61. The van der Waals surface area contributed by atoms with Crippen LogP contribution in [0, 0.1) is 18.3 Å². The van der Waals surface area contributed by atoms with E-state index in [1.54, 1.807) is 34.2 Å². The molecule has 2 saturated carbocycles. The Morgan fingerprint density at radius 1 is 1.09 bits per heavy atom. The summed E-state index contributed by atoms with van der Waals surface area (Å²) in [6, 6.07) is 3.06. The zero-order valence-corrected chi connectivity index (χ0v) is 33.8. The Morgan fingerprint density at radius 3 is 2.51 bits per heavy atom. The molecule has 5 atom stereocenters. The fraction of sp³-hybridized carbons (Fsp3) is 0.625. The van der Waals surface area contributed by atoms with Crippen molar-refractivity contribution in [1.82, 2.24) is 24.8 Å². The third-order valence-corrected chi connectivity index (χ3v) is 13.7. The Hall–Kier alpha value is -4.40. The van der Waals surface area contributed by atoms with Crippen LogP contribution in [0.3, 0.4) is 0 Å². The number of Topliss-reactive ketones (excluding diaryl/α,β-unsaturated/α-hetero) is 1. The highest BCUT2D eigenvalue weighted by Gasteiger charge is 2.62. The van der Waals surface area contributed by atoms with Crippen molar-refractivity contribution in [3.05, 3.63) is 35.9 Å². The van der Waals surface area contributed by atoms with E-state index in [1.807, 2.05) is 45.1 Å². The number of hydrogen-bond acceptors (Lipinski definition) is 10. The van der Waals surface area contributed by atoms with Gasteiger partial charge in [-0.3, -0.25) is 19.1 Å². The number of aromatic nitrogens is 1. The van der Waals surface area contributed by atoms with Gasteiger partial charge in [0.05, 0.1) is 41.5 Å². The first-order chi connectivity index (χ1) is 26.0. The van der Waals surface area contributed by atoms with Crippen molar-refractivity contribution >= 4 is 44.6 Å². The number of ketones is 1. The summed E-state index contributed by atoms with van der Waals surface area (Å²) in [5.74, 6) is -0.333. The Morgan fingerprint density at radius 2 is 1.84 bits per heavy atom. The number of sulfonamides is 1. The van der Waals surface area contributed by atoms with E-state index < -0.39 is 56.2 Å². The van der Waals surface area contributed by atoms with E-state index in [9.17, 15) is 27.6 Å². The molecule has 2 aliphatic heterocycles. The number of pyridine rings is 1. The molecule has 1 aromatic carbocycles. The molecule has 1 saturated heterocycles. The lowest BCUT2D eigenvalue weighted by Gasteiger charge is -2.30. The molecule has 300 valence electrons. The molecule has 0 radical (unpaired) electrons. The molecule has 0 unspecified atom stereocenters. The highest BCUT2D eigenvalue weighted by Crippen LogP contribution is 2.57. The predicted molar refractivity (Wildman–Crippen MR) is 206 cm³/mol. The standard InChI is InChI=1S/C40H55N5O9S/c1-24(2)53-34-20-33(28-15-16-32(52-7)25(3)35(28)42-34)54-27-19-30-31(46)22-40(37(48)43-55(50,51)39(4)17-18-39)21-26(40)13-11-9-8-10-12-14-29(36(47)45(30)23-27)41-38(49)44(5)6/h11,13,15-16,20,24,26-27,29-30H,8-10,12,14,17-19,21-23H2,1-7H3,(H,41,49)(H,43,48)/b13-11-/t26-,27+,29-,30-,40+/m0/s1. The summed E-state index contributed by atoms with van der Waals surface area (Å²) in [5.41, 5.74) is 0.145. The largest absolute Gasteiger partial charge is 0.496 e. The molecule has 6 rings (SSSR count). The molecule has 4 aliphatic rings. The van der Waals surface area contributed by atoms with Gasteiger partial charge in [-0.05, 0) is 84.3 Å². The van der Waals surface area contributed by atoms with E-state index in [0.717, 1.165) is 24.8 Å². The van der Waals surface area contributed by atoms with Gasteiger partial charge in [-0.15, -0.1) is 0 Å². The number of amides is 4. The molecular weight excluding hydrogens is 727 g/mol. The van der Waals surface area contributed by atoms with Crippen LogP contribution in [0.5, 0.6) is 17.4 Å². The van der Waals surface area contributed by atoms with Crippen molar-refractivity contribution in [2.75, 3.05) is 27.7 Å². The lowest BCUT2D eigenvalue weighted by atomic mass is 9.91. The van der Waals surface area contributed by atoms with Crippen molar-refractivity contribution in [2.24, 2.45) is 11.3 Å². The van der Waals surface area contributed by atoms with E-state index in [4.69, 9.17) is 19.2 Å². The second-order valence-corrected chi connectivity index (χ2v) is 18.5. The lowest BCUT2D eigenvalue weighted by Crippen LogP contribution is -2.54. The van der Waals surface area contributed by atoms with Gasteiger partial charge in [-0.2, -0.15) is 0 Å². The number of allylic oxidation sites excluding steroid dienone is 2. The number of benzene rings is 1. The van der Waals surface area contributed by atoms with Crippen molar-refractivity contribution < 1.29 is 41.8 Å². The van der Waals surface area contributed by atoms with Gasteiger partial charge in [-0.25, -0.2) is 18.2 Å². The van der Waals surface area contributed by atoms with Gasteiger partial charge in [0.15, 0.2) is 5.78 Å². The smallest absolute Gasteiger partial charge is 0.317 e. The molecule has 3 heterocycles. The maximum Gasteiger partial charge on any atom is 0.317 e. The second-order valence-electron chi connectivity index (χ2n) is 16.4. The number of aryl methyl sites for hydroxylation is 1. The lowest BCUT2D eigenvalue weighted by molar-refractivity contribution is -0.140. The number of fused-ring (bicyclic) bond motifs is 3. The molecule has 0 bridgehead atoms. The molecule has 3 fully saturated rings. The van der Waals surface area contributed by atoms with E-state index >= 15 is 0 Å². The highest BCUT2D eigenvalue weighted by atomic mass is 32.2. The highest BCUT2D eigenvalue weighted by molar-refractivity contribution is 7.91. The summed E-state index contributed by atoms with van der Waals surface area (Å²) >= 11 is 0. The van der Waals surface area contributed by atoms with Crippen LogP contribution in [-0.4, -0.2) is 104 Å². The second kappa shape index (κ2) is 15.6. The van der Waals surface area contributed by atoms with E-state index in [0.29, 0.717) is 60.4 Å². The fourth-order valence-corrected chi connectivity index (χ4v) is 9.06. The maximum absolute atomic E-state index is 14.6. The Labute approximate surface area is 323 Å². The molecular formula is C40H55N5O9S. The van der Waals surface area contributed by atoms with Gasteiger partial charge >= 0.3 is 6.03 Å². The summed E-state index contributed by atoms with van der Waals surface area (Å²) in [7, 11) is 0.828. The van der Waals surface area contributed by atoms with E-state index in [-0.39, 0.29) is 37.2 Å². The van der Waals surface area contributed by atoms with E-state index in [1.165, 1.54) is 9.80 Å². The van der Waals surface area contributed by atoms with Gasteiger partial charge in [0.25, 0.3) is 0 Å². The average Bonchev–Trinajstić information content (AvgIpc) is 4.00. The van der Waals surface area contributed by atoms with Gasteiger partial charge in [0.2, 0.25) is 27.7 Å². The van der Waals surface area contributed by atoms with Crippen molar-refractivity contribution in [2.45, 2.75) is 121 Å². The molecule has 0 spiro atoms. The van der Waals surface area contributed by atoms with Gasteiger partial charge < -0.3 is 29.3 Å². The third-order valence-electron chi connectivity index (χ3n) is 11.6. The van der Waals surface area contributed by atoms with Crippen LogP contribution in [0.15, 0.2) is 30.4 Å². The molecule has 4 amide bonds. The molecule has 15 heteroatoms. The zero-order chi connectivity index (χ0) is 39.9. The summed E-state index contributed by atoms with van der Waals surface area (Å²) < 4.78 is 45.9.